The molecule has 8 nitrogen and oxygen atoms in total. The smallest absolute Gasteiger partial charge is 0.292 e. The molecule has 0 aliphatic rings. The van der Waals surface area contributed by atoms with Crippen molar-refractivity contribution in [1.29, 1.82) is 5.26 Å². The molecule has 1 amide bonds. The van der Waals surface area contributed by atoms with Crippen LogP contribution < -0.4 is 15.8 Å². The number of hydrogen-bond acceptors (Lipinski definition) is 7. The van der Waals surface area contributed by atoms with Crippen molar-refractivity contribution in [3.63, 3.8) is 0 Å². The summed E-state index contributed by atoms with van der Waals surface area (Å²) in [6.07, 6.45) is 1.38. The number of hydrogen-bond donors (Lipinski definition) is 2. The molecule has 0 aliphatic carbocycles. The van der Waals surface area contributed by atoms with Gasteiger partial charge in [-0.15, -0.1) is 0 Å². The number of halogens is 1. The number of furan rings is 1. The van der Waals surface area contributed by atoms with Crippen LogP contribution in [0.1, 0.15) is 16.1 Å². The number of methoxy groups -OCH3 is 1. The molecule has 0 unspecified atom stereocenters. The number of carbonyl (C=O) groups is 1. The van der Waals surface area contributed by atoms with Gasteiger partial charge in [0.25, 0.3) is 5.91 Å². The fraction of sp³-hybridized carbons (Fsp3) is 0.0800. The molecule has 0 spiro atoms. The molecule has 4 aromatic rings. The van der Waals surface area contributed by atoms with Crippen LogP contribution in [0.4, 0.5) is 11.5 Å². The van der Waals surface area contributed by atoms with E-state index < -0.39 is 5.91 Å². The summed E-state index contributed by atoms with van der Waals surface area (Å²) in [4.78, 5) is 17.3. The number of nitrogens with zero attached hydrogens (tertiary/aromatic N) is 2. The molecule has 0 saturated carbocycles. The minimum atomic E-state index is -0.545. The van der Waals surface area contributed by atoms with Crippen molar-refractivity contribution >= 4 is 29.0 Å². The molecule has 2 aromatic carbocycles. The highest BCUT2D eigenvalue weighted by atomic mass is 35.5. The number of nitrogens with two attached hydrogens (primary N) is 1. The molecule has 0 bridgehead atoms. The summed E-state index contributed by atoms with van der Waals surface area (Å²) in [5.41, 5.74) is 8.92. The highest BCUT2D eigenvalue weighted by Crippen LogP contribution is 2.37. The average Bonchev–Trinajstić information content (AvgIpc) is 3.37. The van der Waals surface area contributed by atoms with Crippen LogP contribution in [0, 0.1) is 11.3 Å². The van der Waals surface area contributed by atoms with Crippen LogP contribution >= 0.6 is 11.6 Å². The summed E-state index contributed by atoms with van der Waals surface area (Å²) in [6.45, 7) is -0.00617. The largest absolute Gasteiger partial charge is 0.467 e. The zero-order valence-corrected chi connectivity index (χ0v) is 18.8. The van der Waals surface area contributed by atoms with Gasteiger partial charge in [0.2, 0.25) is 0 Å². The number of rotatable bonds is 7. The molecule has 0 aliphatic heterocycles. The van der Waals surface area contributed by atoms with Crippen LogP contribution in [0.25, 0.3) is 22.4 Å². The standard InChI is InChI=1S/C25H19ClN4O4/c1-32-14-34-23-11-16(26)7-8-18(23)21-12-19(15-4-2-5-17(28)10-15)20(13-27)24(29-21)30-25(31)22-6-3-9-33-22/h2-12H,14,28H2,1H3,(H,29,30,31). The Hall–Kier alpha value is -4.32. The molecule has 9 heteroatoms. The first kappa shape index (κ1) is 22.9. The van der Waals surface area contributed by atoms with Crippen LogP contribution in [-0.2, 0) is 4.74 Å². The third-order valence-electron chi connectivity index (χ3n) is 4.86. The van der Waals surface area contributed by atoms with E-state index in [1.165, 1.54) is 19.4 Å². The van der Waals surface area contributed by atoms with Crippen molar-refractivity contribution in [2.75, 3.05) is 25.0 Å². The van der Waals surface area contributed by atoms with Gasteiger partial charge in [-0.25, -0.2) is 4.98 Å². The van der Waals surface area contributed by atoms with Crippen molar-refractivity contribution in [3.8, 4) is 34.2 Å². The summed E-state index contributed by atoms with van der Waals surface area (Å²) in [5.74, 6) is 0.0220. The summed E-state index contributed by atoms with van der Waals surface area (Å²) < 4.78 is 15.9. The van der Waals surface area contributed by atoms with Gasteiger partial charge in [0.15, 0.2) is 18.4 Å². The fourth-order valence-corrected chi connectivity index (χ4v) is 3.51. The van der Waals surface area contributed by atoms with E-state index in [1.54, 1.807) is 48.5 Å². The van der Waals surface area contributed by atoms with Gasteiger partial charge in [0.1, 0.15) is 17.4 Å². The van der Waals surface area contributed by atoms with E-state index in [4.69, 9.17) is 31.2 Å². The van der Waals surface area contributed by atoms with Gasteiger partial charge >= 0.3 is 0 Å². The Morgan fingerprint density at radius 3 is 2.74 bits per heavy atom. The molecule has 3 N–H and O–H groups in total. The first-order chi connectivity index (χ1) is 16.5. The number of nitriles is 1. The van der Waals surface area contributed by atoms with Gasteiger partial charge in [0, 0.05) is 28.9 Å². The Morgan fingerprint density at radius 2 is 2.03 bits per heavy atom. The number of aromatic nitrogens is 1. The summed E-state index contributed by atoms with van der Waals surface area (Å²) in [6, 6.07) is 19.1. The minimum Gasteiger partial charge on any atom is -0.467 e. The number of pyridine rings is 1. The number of benzene rings is 2. The van der Waals surface area contributed by atoms with Crippen molar-refractivity contribution in [2.45, 2.75) is 0 Å². The first-order valence-electron chi connectivity index (χ1n) is 10.1. The molecular formula is C25H19ClN4O4. The second-order valence-electron chi connectivity index (χ2n) is 7.14. The quantitative estimate of drug-likeness (QED) is 0.273. The molecule has 2 heterocycles. The fourth-order valence-electron chi connectivity index (χ4n) is 3.35. The molecular weight excluding hydrogens is 456 g/mol. The number of carbonyl (C=O) groups excluding carboxylic acids is 1. The van der Waals surface area contributed by atoms with Crippen LogP contribution in [0.15, 0.2) is 71.3 Å². The summed E-state index contributed by atoms with van der Waals surface area (Å²) in [5, 5.41) is 13.1. The third kappa shape index (κ3) is 4.86. The maximum atomic E-state index is 12.7. The molecule has 34 heavy (non-hydrogen) atoms. The van der Waals surface area contributed by atoms with E-state index in [9.17, 15) is 10.1 Å². The second kappa shape index (κ2) is 10.1. The van der Waals surface area contributed by atoms with E-state index in [1.807, 2.05) is 6.07 Å². The summed E-state index contributed by atoms with van der Waals surface area (Å²) in [7, 11) is 1.50. The van der Waals surface area contributed by atoms with Crippen LogP contribution in [0.2, 0.25) is 5.02 Å². The van der Waals surface area contributed by atoms with Crippen LogP contribution in [-0.4, -0.2) is 24.8 Å². The maximum Gasteiger partial charge on any atom is 0.292 e. The highest BCUT2D eigenvalue weighted by Gasteiger charge is 2.20. The molecule has 0 atom stereocenters. The number of ether oxygens (including phenoxy) is 2. The van der Waals surface area contributed by atoms with Gasteiger partial charge in [-0.1, -0.05) is 23.7 Å². The molecule has 0 fully saturated rings. The van der Waals surface area contributed by atoms with Gasteiger partial charge in [0.05, 0.1) is 12.0 Å². The number of anilines is 2. The Balaban J connectivity index is 1.92. The van der Waals surface area contributed by atoms with Gasteiger partial charge in [-0.05, 0) is 54.1 Å². The molecule has 2 aromatic heterocycles. The van der Waals surface area contributed by atoms with E-state index >= 15 is 0 Å². The first-order valence-corrected chi connectivity index (χ1v) is 10.5. The Kier molecular flexibility index (Phi) is 6.78. The molecule has 0 radical (unpaired) electrons. The number of nitrogen functional groups attached to an aromatic ring is 1. The Bertz CT molecular complexity index is 1380. The van der Waals surface area contributed by atoms with Crippen LogP contribution in [0.3, 0.4) is 0 Å². The Labute approximate surface area is 200 Å². The Morgan fingerprint density at radius 1 is 1.18 bits per heavy atom. The van der Waals surface area contributed by atoms with Crippen molar-refractivity contribution in [2.24, 2.45) is 0 Å². The predicted molar refractivity (Wildman–Crippen MR) is 128 cm³/mol. The zero-order valence-electron chi connectivity index (χ0n) is 18.0. The third-order valence-corrected chi connectivity index (χ3v) is 5.09. The second-order valence-corrected chi connectivity index (χ2v) is 7.58. The monoisotopic (exact) mass is 474 g/mol. The minimum absolute atomic E-state index is 0.00617. The normalized spacial score (nSPS) is 10.5. The predicted octanol–water partition coefficient (Wildman–Crippen LogP) is 5.35. The van der Waals surface area contributed by atoms with Gasteiger partial charge in [-0.2, -0.15) is 5.26 Å². The zero-order chi connectivity index (χ0) is 24.1. The lowest BCUT2D eigenvalue weighted by atomic mass is 9.97. The number of amides is 1. The lowest BCUT2D eigenvalue weighted by Crippen LogP contribution is -2.14. The lowest BCUT2D eigenvalue weighted by Gasteiger charge is -2.16. The van der Waals surface area contributed by atoms with E-state index in [0.717, 1.165) is 0 Å². The van der Waals surface area contributed by atoms with Crippen LogP contribution in [0.5, 0.6) is 5.75 Å². The van der Waals surface area contributed by atoms with E-state index in [-0.39, 0.29) is 23.9 Å². The van der Waals surface area contributed by atoms with Gasteiger partial charge < -0.3 is 24.9 Å². The SMILES string of the molecule is COCOc1cc(Cl)ccc1-c1cc(-c2cccc(N)c2)c(C#N)c(NC(=O)c2ccco2)n1. The van der Waals surface area contributed by atoms with Crippen molar-refractivity contribution in [3.05, 3.63) is 83.3 Å². The molecule has 170 valence electrons. The molecule has 4 rings (SSSR count). The van der Waals surface area contributed by atoms with E-state index in [2.05, 4.69) is 16.4 Å². The van der Waals surface area contributed by atoms with Gasteiger partial charge in [-0.3, -0.25) is 4.79 Å². The lowest BCUT2D eigenvalue weighted by molar-refractivity contribution is 0.0515. The highest BCUT2D eigenvalue weighted by molar-refractivity contribution is 6.30. The maximum absolute atomic E-state index is 12.7. The average molecular weight is 475 g/mol. The van der Waals surface area contributed by atoms with E-state index in [0.29, 0.717) is 38.8 Å². The van der Waals surface area contributed by atoms with Crippen molar-refractivity contribution < 1.29 is 18.7 Å². The van der Waals surface area contributed by atoms with Crippen molar-refractivity contribution in [1.82, 2.24) is 4.98 Å². The molecule has 0 saturated heterocycles. The number of nitrogens with one attached hydrogen (secondary N) is 1. The summed E-state index contributed by atoms with van der Waals surface area (Å²) >= 11 is 6.17. The topological polar surface area (TPSA) is 123 Å².